The molecule has 1 saturated heterocycles. The lowest BCUT2D eigenvalue weighted by atomic mass is 9.84. The molecule has 0 bridgehead atoms. The fourth-order valence-electron chi connectivity index (χ4n) is 4.57. The number of piperidine rings is 1. The molecule has 2 aliphatic rings. The maximum atomic E-state index is 13.2. The molecule has 1 aliphatic carbocycles. The van der Waals surface area contributed by atoms with E-state index in [0.717, 1.165) is 44.9 Å². The topological polar surface area (TPSA) is 192 Å². The number of amides is 4. The first-order chi connectivity index (χ1) is 16.3. The number of rotatable bonds is 11. The van der Waals surface area contributed by atoms with E-state index >= 15 is 0 Å². The molecular weight excluding hydrogens is 442 g/mol. The molecule has 192 valence electrons. The summed E-state index contributed by atoms with van der Waals surface area (Å²) in [4.78, 5) is 54.9. The zero-order valence-corrected chi connectivity index (χ0v) is 19.8. The zero-order valence-electron chi connectivity index (χ0n) is 19.8. The first-order valence-corrected chi connectivity index (χ1v) is 12.2. The van der Waals surface area contributed by atoms with E-state index in [1.54, 1.807) is 0 Å². The van der Waals surface area contributed by atoms with E-state index in [1.165, 1.54) is 4.90 Å². The van der Waals surface area contributed by atoms with Crippen LogP contribution in [0.5, 0.6) is 0 Å². The third kappa shape index (κ3) is 9.44. The molecule has 34 heavy (non-hydrogen) atoms. The Hall–Kier alpha value is -3.05. The maximum absolute atomic E-state index is 13.2. The molecule has 0 aromatic carbocycles. The van der Waals surface area contributed by atoms with Crippen LogP contribution in [0.2, 0.25) is 0 Å². The third-order valence-electron chi connectivity index (χ3n) is 6.31. The minimum absolute atomic E-state index is 0.00531. The number of carbonyl (C=O) groups excluding carboxylic acids is 3. The number of guanidine groups is 1. The first-order valence-electron chi connectivity index (χ1n) is 12.2. The van der Waals surface area contributed by atoms with Crippen molar-refractivity contribution in [3.8, 4) is 0 Å². The fraction of sp³-hybridized carbons (Fsp3) is 0.773. The third-order valence-corrected chi connectivity index (χ3v) is 6.31. The number of carboxylic acid groups (broad SMARTS) is 1. The Morgan fingerprint density at radius 2 is 1.71 bits per heavy atom. The Kier molecular flexibility index (Phi) is 11.4. The van der Waals surface area contributed by atoms with Crippen LogP contribution in [0.25, 0.3) is 0 Å². The predicted molar refractivity (Wildman–Crippen MR) is 127 cm³/mol. The fourth-order valence-corrected chi connectivity index (χ4v) is 4.57. The van der Waals surface area contributed by atoms with Gasteiger partial charge in [0.25, 0.3) is 0 Å². The van der Waals surface area contributed by atoms with Crippen molar-refractivity contribution < 1.29 is 24.3 Å². The molecule has 12 heteroatoms. The monoisotopic (exact) mass is 481 g/mol. The molecule has 4 amide bonds. The second-order valence-electron chi connectivity index (χ2n) is 9.01. The second-order valence-corrected chi connectivity index (χ2v) is 9.01. The molecule has 0 radical (unpaired) electrons. The van der Waals surface area contributed by atoms with Crippen molar-refractivity contribution in [2.75, 3.05) is 26.2 Å². The second kappa shape index (κ2) is 14.3. The molecule has 2 atom stereocenters. The van der Waals surface area contributed by atoms with Gasteiger partial charge in [0, 0.05) is 19.6 Å². The van der Waals surface area contributed by atoms with Crippen LogP contribution in [0.3, 0.4) is 0 Å². The van der Waals surface area contributed by atoms with Crippen molar-refractivity contribution in [1.29, 1.82) is 0 Å². The summed E-state index contributed by atoms with van der Waals surface area (Å²) in [6.07, 6.45) is 8.40. The van der Waals surface area contributed by atoms with Gasteiger partial charge in [-0.05, 0) is 38.0 Å². The standard InChI is InChI=1S/C22H39N7O5/c23-21(24)25-10-6-11-26-22(34)29-12-5-4-9-17(29)20(33)28-16(19(32)27-14-18(30)31)13-15-7-2-1-3-8-15/h15-17H,1-14H2,(H,26,34)(H,27,32)(H,28,33)(H,30,31)(H4,23,24,25)/t16-,17-/m1/s1. The molecule has 1 saturated carbocycles. The molecule has 12 nitrogen and oxygen atoms in total. The molecule has 2 fully saturated rings. The van der Waals surface area contributed by atoms with Crippen LogP contribution >= 0.6 is 0 Å². The van der Waals surface area contributed by atoms with Crippen molar-refractivity contribution in [3.63, 3.8) is 0 Å². The summed E-state index contributed by atoms with van der Waals surface area (Å²) in [5.74, 6) is -1.75. The zero-order chi connectivity index (χ0) is 24.9. The number of hydrogen-bond donors (Lipinski definition) is 6. The lowest BCUT2D eigenvalue weighted by Crippen LogP contribution is -2.58. The van der Waals surface area contributed by atoms with Crippen LogP contribution in [0.4, 0.5) is 4.79 Å². The van der Waals surface area contributed by atoms with E-state index in [1.807, 2.05) is 0 Å². The highest BCUT2D eigenvalue weighted by molar-refractivity contribution is 5.92. The summed E-state index contributed by atoms with van der Waals surface area (Å²) in [5, 5.41) is 16.9. The Bertz CT molecular complexity index is 735. The number of carbonyl (C=O) groups is 4. The highest BCUT2D eigenvalue weighted by Crippen LogP contribution is 2.27. The van der Waals surface area contributed by atoms with Gasteiger partial charge in [0.1, 0.15) is 18.6 Å². The van der Waals surface area contributed by atoms with Crippen LogP contribution in [0.1, 0.15) is 64.2 Å². The molecule has 1 heterocycles. The highest BCUT2D eigenvalue weighted by atomic mass is 16.4. The summed E-state index contributed by atoms with van der Waals surface area (Å²) < 4.78 is 0. The summed E-state index contributed by atoms with van der Waals surface area (Å²) in [6.45, 7) is 0.688. The Morgan fingerprint density at radius 3 is 2.38 bits per heavy atom. The van der Waals surface area contributed by atoms with Gasteiger partial charge in [-0.15, -0.1) is 0 Å². The molecule has 0 aromatic rings. The molecule has 0 aromatic heterocycles. The largest absolute Gasteiger partial charge is 0.480 e. The van der Waals surface area contributed by atoms with Crippen molar-refractivity contribution in [3.05, 3.63) is 0 Å². The molecule has 1 aliphatic heterocycles. The number of hydrogen-bond acceptors (Lipinski definition) is 5. The number of nitrogens with zero attached hydrogens (tertiary/aromatic N) is 2. The predicted octanol–water partition coefficient (Wildman–Crippen LogP) is -0.130. The average molecular weight is 482 g/mol. The van der Waals surface area contributed by atoms with E-state index in [4.69, 9.17) is 16.6 Å². The van der Waals surface area contributed by atoms with Gasteiger partial charge in [-0.2, -0.15) is 0 Å². The smallest absolute Gasteiger partial charge is 0.322 e. The lowest BCUT2D eigenvalue weighted by Gasteiger charge is -2.36. The highest BCUT2D eigenvalue weighted by Gasteiger charge is 2.35. The van der Waals surface area contributed by atoms with Crippen LogP contribution < -0.4 is 27.4 Å². The van der Waals surface area contributed by atoms with E-state index in [-0.39, 0.29) is 17.9 Å². The normalized spacial score (nSPS) is 19.5. The maximum Gasteiger partial charge on any atom is 0.322 e. The number of urea groups is 1. The number of nitrogens with two attached hydrogens (primary N) is 2. The van der Waals surface area contributed by atoms with Gasteiger partial charge >= 0.3 is 12.0 Å². The van der Waals surface area contributed by atoms with E-state index in [9.17, 15) is 19.2 Å². The summed E-state index contributed by atoms with van der Waals surface area (Å²) in [6, 6.07) is -1.86. The SMILES string of the molecule is NC(N)=NCCCNC(=O)N1CCCC[C@@H]1C(=O)N[C@H](CC1CCCCC1)C(=O)NCC(=O)O. The Balaban J connectivity index is 1.98. The molecule has 0 spiro atoms. The molecular formula is C22H39N7O5. The van der Waals surface area contributed by atoms with Crippen LogP contribution in [0.15, 0.2) is 4.99 Å². The number of carboxylic acids is 1. The van der Waals surface area contributed by atoms with Crippen LogP contribution in [0, 0.1) is 5.92 Å². The van der Waals surface area contributed by atoms with Gasteiger partial charge in [-0.25, -0.2) is 4.79 Å². The van der Waals surface area contributed by atoms with E-state index in [0.29, 0.717) is 44.8 Å². The average Bonchev–Trinajstić information content (AvgIpc) is 2.82. The Morgan fingerprint density at radius 1 is 1.00 bits per heavy atom. The van der Waals surface area contributed by atoms with Gasteiger partial charge in [-0.3, -0.25) is 19.4 Å². The van der Waals surface area contributed by atoms with Crippen molar-refractivity contribution in [1.82, 2.24) is 20.9 Å². The minimum Gasteiger partial charge on any atom is -0.480 e. The van der Waals surface area contributed by atoms with Crippen molar-refractivity contribution >= 4 is 29.8 Å². The quantitative estimate of drug-likeness (QED) is 0.134. The number of nitrogens with one attached hydrogen (secondary N) is 3. The Labute approximate surface area is 200 Å². The number of aliphatic imine (C=N–C) groups is 1. The number of likely N-dealkylation sites (tertiary alicyclic amines) is 1. The van der Waals surface area contributed by atoms with Crippen molar-refractivity contribution in [2.24, 2.45) is 22.4 Å². The van der Waals surface area contributed by atoms with Crippen molar-refractivity contribution in [2.45, 2.75) is 76.3 Å². The first kappa shape index (κ1) is 27.2. The van der Waals surface area contributed by atoms with Crippen LogP contribution in [-0.2, 0) is 14.4 Å². The van der Waals surface area contributed by atoms with Crippen LogP contribution in [-0.4, -0.2) is 78.0 Å². The lowest BCUT2D eigenvalue weighted by molar-refractivity contribution is -0.138. The summed E-state index contributed by atoms with van der Waals surface area (Å²) in [7, 11) is 0. The number of aliphatic carboxylic acids is 1. The van der Waals surface area contributed by atoms with E-state index in [2.05, 4.69) is 20.9 Å². The molecule has 0 unspecified atom stereocenters. The van der Waals surface area contributed by atoms with Gasteiger partial charge in [-0.1, -0.05) is 32.1 Å². The van der Waals surface area contributed by atoms with E-state index < -0.39 is 30.5 Å². The summed E-state index contributed by atoms with van der Waals surface area (Å²) in [5.41, 5.74) is 10.6. The molecule has 8 N–H and O–H groups in total. The molecule has 2 rings (SSSR count). The van der Waals surface area contributed by atoms with Gasteiger partial charge < -0.3 is 37.4 Å². The van der Waals surface area contributed by atoms with Gasteiger partial charge in [0.05, 0.1) is 0 Å². The van der Waals surface area contributed by atoms with Gasteiger partial charge in [0.15, 0.2) is 5.96 Å². The minimum atomic E-state index is -1.15. The summed E-state index contributed by atoms with van der Waals surface area (Å²) >= 11 is 0. The van der Waals surface area contributed by atoms with Gasteiger partial charge in [0.2, 0.25) is 11.8 Å².